The number of hydrogen-bond donors (Lipinski definition) is 1. The highest BCUT2D eigenvalue weighted by molar-refractivity contribution is 6.34. The fourth-order valence-corrected chi connectivity index (χ4v) is 2.65. The Morgan fingerprint density at radius 3 is 2.30 bits per heavy atom. The molecule has 2 aromatic carbocycles. The zero-order chi connectivity index (χ0) is 14.7. The molecule has 0 aromatic heterocycles. The molecule has 0 saturated heterocycles. The van der Waals surface area contributed by atoms with Crippen molar-refractivity contribution in [2.24, 2.45) is 0 Å². The van der Waals surface area contributed by atoms with Gasteiger partial charge in [0.2, 0.25) is 0 Å². The topological polar surface area (TPSA) is 29.5 Å². The normalized spacial score (nSPS) is 13.8. The first-order valence-corrected chi connectivity index (χ1v) is 7.06. The first-order valence-electron chi connectivity index (χ1n) is 6.30. The first-order chi connectivity index (χ1) is 9.54. The molecule has 0 bridgehead atoms. The second kappa shape index (κ2) is 6.49. The number of hydrogen-bond acceptors (Lipinski definition) is 2. The van der Waals surface area contributed by atoms with E-state index in [-0.39, 0.29) is 5.92 Å². The van der Waals surface area contributed by atoms with Crippen LogP contribution in [0.2, 0.25) is 10.0 Å². The average molecular weight is 311 g/mol. The van der Waals surface area contributed by atoms with E-state index in [0.717, 1.165) is 5.56 Å². The van der Waals surface area contributed by atoms with Crippen molar-refractivity contribution in [3.63, 3.8) is 0 Å². The van der Waals surface area contributed by atoms with Crippen LogP contribution in [0.3, 0.4) is 0 Å². The summed E-state index contributed by atoms with van der Waals surface area (Å²) >= 11 is 12.3. The minimum Gasteiger partial charge on any atom is -0.495 e. The van der Waals surface area contributed by atoms with Gasteiger partial charge in [-0.1, -0.05) is 60.5 Å². The minimum absolute atomic E-state index is 0.0850. The molecule has 0 spiro atoms. The minimum atomic E-state index is -0.728. The summed E-state index contributed by atoms with van der Waals surface area (Å²) in [5.74, 6) is 0.415. The Balaban J connectivity index is 2.34. The van der Waals surface area contributed by atoms with E-state index in [2.05, 4.69) is 0 Å². The molecule has 0 fully saturated rings. The fourth-order valence-electron chi connectivity index (χ4n) is 2.14. The number of benzene rings is 2. The van der Waals surface area contributed by atoms with Crippen LogP contribution >= 0.6 is 23.2 Å². The molecule has 4 heteroatoms. The van der Waals surface area contributed by atoms with E-state index in [1.807, 2.05) is 37.3 Å². The standard InChI is InChI=1S/C16H16Cl2O2/c1-10(11-6-4-3-5-7-11)16(19)12-8-14(18)15(20-2)9-13(12)17/h3-10,16,19H,1-2H3. The van der Waals surface area contributed by atoms with E-state index >= 15 is 0 Å². The molecule has 0 aliphatic heterocycles. The smallest absolute Gasteiger partial charge is 0.138 e. The van der Waals surface area contributed by atoms with Gasteiger partial charge in [0, 0.05) is 17.5 Å². The number of methoxy groups -OCH3 is 1. The Bertz CT molecular complexity index is 585. The second-order valence-corrected chi connectivity index (χ2v) is 5.47. The summed E-state index contributed by atoms with van der Waals surface area (Å²) < 4.78 is 5.11. The van der Waals surface area contributed by atoms with Crippen molar-refractivity contribution in [2.45, 2.75) is 18.9 Å². The van der Waals surface area contributed by atoms with Crippen LogP contribution in [0.1, 0.15) is 30.1 Å². The average Bonchev–Trinajstić information content (AvgIpc) is 2.48. The van der Waals surface area contributed by atoms with Crippen molar-refractivity contribution in [1.29, 1.82) is 0 Å². The largest absolute Gasteiger partial charge is 0.495 e. The quantitative estimate of drug-likeness (QED) is 0.875. The maximum absolute atomic E-state index is 10.5. The van der Waals surface area contributed by atoms with Gasteiger partial charge < -0.3 is 9.84 Å². The predicted molar refractivity (Wildman–Crippen MR) is 82.8 cm³/mol. The zero-order valence-corrected chi connectivity index (χ0v) is 12.8. The maximum atomic E-state index is 10.5. The van der Waals surface area contributed by atoms with E-state index in [1.165, 1.54) is 7.11 Å². The Morgan fingerprint density at radius 1 is 1.05 bits per heavy atom. The van der Waals surface area contributed by atoms with Crippen LogP contribution in [0.25, 0.3) is 0 Å². The van der Waals surface area contributed by atoms with Gasteiger partial charge in [0.15, 0.2) is 0 Å². The maximum Gasteiger partial charge on any atom is 0.138 e. The van der Waals surface area contributed by atoms with Gasteiger partial charge in [-0.05, 0) is 11.6 Å². The van der Waals surface area contributed by atoms with Crippen LogP contribution in [0.15, 0.2) is 42.5 Å². The van der Waals surface area contributed by atoms with Gasteiger partial charge in [0.1, 0.15) is 5.75 Å². The molecule has 2 rings (SSSR count). The highest BCUT2D eigenvalue weighted by atomic mass is 35.5. The van der Waals surface area contributed by atoms with Gasteiger partial charge in [0.25, 0.3) is 0 Å². The third-order valence-electron chi connectivity index (χ3n) is 3.39. The molecule has 2 aromatic rings. The third-order valence-corrected chi connectivity index (χ3v) is 4.01. The molecule has 2 nitrogen and oxygen atoms in total. The van der Waals surface area contributed by atoms with Crippen molar-refractivity contribution in [3.8, 4) is 5.75 Å². The van der Waals surface area contributed by atoms with Crippen LogP contribution in [0, 0.1) is 0 Å². The van der Waals surface area contributed by atoms with Gasteiger partial charge in [-0.25, -0.2) is 0 Å². The molecule has 0 aliphatic rings. The molecule has 0 heterocycles. The van der Waals surface area contributed by atoms with Crippen LogP contribution in [0.4, 0.5) is 0 Å². The highest BCUT2D eigenvalue weighted by Crippen LogP contribution is 2.38. The van der Waals surface area contributed by atoms with Crippen LogP contribution in [0.5, 0.6) is 5.75 Å². The summed E-state index contributed by atoms with van der Waals surface area (Å²) in [5, 5.41) is 11.4. The lowest BCUT2D eigenvalue weighted by atomic mass is 9.91. The Labute approximate surface area is 128 Å². The molecular formula is C16H16Cl2O2. The second-order valence-electron chi connectivity index (χ2n) is 4.65. The Kier molecular flexibility index (Phi) is 4.92. The molecule has 0 aliphatic carbocycles. The van der Waals surface area contributed by atoms with E-state index < -0.39 is 6.10 Å². The lowest BCUT2D eigenvalue weighted by Crippen LogP contribution is -2.08. The molecule has 0 radical (unpaired) electrons. The predicted octanol–water partition coefficient (Wildman–Crippen LogP) is 4.84. The lowest BCUT2D eigenvalue weighted by molar-refractivity contribution is 0.151. The molecule has 2 atom stereocenters. The van der Waals surface area contributed by atoms with Crippen molar-refractivity contribution in [1.82, 2.24) is 0 Å². The molecule has 0 amide bonds. The van der Waals surface area contributed by atoms with Gasteiger partial charge in [-0.3, -0.25) is 0 Å². The van der Waals surface area contributed by atoms with Crippen LogP contribution in [-0.4, -0.2) is 12.2 Å². The van der Waals surface area contributed by atoms with Crippen molar-refractivity contribution >= 4 is 23.2 Å². The first kappa shape index (κ1) is 15.2. The van der Waals surface area contributed by atoms with E-state index in [4.69, 9.17) is 27.9 Å². The molecule has 1 N–H and O–H groups in total. The number of rotatable bonds is 4. The van der Waals surface area contributed by atoms with Crippen molar-refractivity contribution in [2.75, 3.05) is 7.11 Å². The molecule has 0 saturated carbocycles. The van der Waals surface area contributed by atoms with Gasteiger partial charge in [-0.2, -0.15) is 0 Å². The van der Waals surface area contributed by atoms with Gasteiger partial charge in [-0.15, -0.1) is 0 Å². The molecule has 20 heavy (non-hydrogen) atoms. The number of halogens is 2. The SMILES string of the molecule is COc1cc(Cl)c(C(O)C(C)c2ccccc2)cc1Cl. The summed E-state index contributed by atoms with van der Waals surface area (Å²) in [6, 6.07) is 13.1. The van der Waals surface area contributed by atoms with Crippen LogP contribution < -0.4 is 4.74 Å². The van der Waals surface area contributed by atoms with E-state index in [9.17, 15) is 5.11 Å². The summed E-state index contributed by atoms with van der Waals surface area (Å²) in [7, 11) is 1.53. The lowest BCUT2D eigenvalue weighted by Gasteiger charge is -2.21. The van der Waals surface area contributed by atoms with Crippen molar-refractivity contribution < 1.29 is 9.84 Å². The molecule has 106 valence electrons. The van der Waals surface area contributed by atoms with E-state index in [1.54, 1.807) is 12.1 Å². The Hall–Kier alpha value is -1.22. The fraction of sp³-hybridized carbons (Fsp3) is 0.250. The highest BCUT2D eigenvalue weighted by Gasteiger charge is 2.22. The van der Waals surface area contributed by atoms with Crippen LogP contribution in [-0.2, 0) is 0 Å². The Morgan fingerprint density at radius 2 is 1.70 bits per heavy atom. The monoisotopic (exact) mass is 310 g/mol. The van der Waals surface area contributed by atoms with Crippen molar-refractivity contribution in [3.05, 3.63) is 63.6 Å². The summed E-state index contributed by atoms with van der Waals surface area (Å²) in [6.45, 7) is 1.95. The number of aliphatic hydroxyl groups is 1. The zero-order valence-electron chi connectivity index (χ0n) is 11.3. The van der Waals surface area contributed by atoms with Gasteiger partial charge >= 0.3 is 0 Å². The van der Waals surface area contributed by atoms with Gasteiger partial charge in [0.05, 0.1) is 23.3 Å². The number of ether oxygens (including phenoxy) is 1. The summed E-state index contributed by atoms with van der Waals surface area (Å²) in [6.07, 6.45) is -0.728. The number of aliphatic hydroxyl groups excluding tert-OH is 1. The summed E-state index contributed by atoms with van der Waals surface area (Å²) in [4.78, 5) is 0. The third kappa shape index (κ3) is 3.09. The molecular weight excluding hydrogens is 295 g/mol. The summed E-state index contributed by atoms with van der Waals surface area (Å²) in [5.41, 5.74) is 1.65. The molecule has 2 unspecified atom stereocenters. The van der Waals surface area contributed by atoms with E-state index in [0.29, 0.717) is 21.4 Å².